The molecule has 126 valence electrons. The van der Waals surface area contributed by atoms with Crippen LogP contribution in [0.2, 0.25) is 5.02 Å². The van der Waals surface area contributed by atoms with Crippen LogP contribution in [0.25, 0.3) is 0 Å². The number of amides is 1. The maximum absolute atomic E-state index is 12.9. The predicted octanol–water partition coefficient (Wildman–Crippen LogP) is 3.06. The Bertz CT molecular complexity index is 722. The van der Waals surface area contributed by atoms with Crippen molar-refractivity contribution in [2.24, 2.45) is 5.73 Å². The van der Waals surface area contributed by atoms with E-state index in [0.29, 0.717) is 41.7 Å². The number of ether oxygens (including phenoxy) is 2. The Balaban J connectivity index is 1.84. The minimum atomic E-state index is -0.104. The molecule has 0 fully saturated rings. The predicted molar refractivity (Wildman–Crippen MR) is 92.4 cm³/mol. The fraction of sp³-hybridized carbons (Fsp3) is 0.278. The third-order valence-electron chi connectivity index (χ3n) is 3.81. The van der Waals surface area contributed by atoms with Gasteiger partial charge in [-0.2, -0.15) is 0 Å². The Morgan fingerprint density at radius 2 is 2.00 bits per heavy atom. The molecule has 1 heterocycles. The van der Waals surface area contributed by atoms with E-state index in [1.54, 1.807) is 17.0 Å². The van der Waals surface area contributed by atoms with Crippen LogP contribution in [0.15, 0.2) is 42.5 Å². The molecule has 5 nitrogen and oxygen atoms in total. The maximum atomic E-state index is 12.9. The van der Waals surface area contributed by atoms with E-state index in [1.807, 2.05) is 30.3 Å². The summed E-state index contributed by atoms with van der Waals surface area (Å²) in [7, 11) is 0. The van der Waals surface area contributed by atoms with Crippen LogP contribution in [0.3, 0.4) is 0 Å². The number of halogens is 1. The molecule has 0 unspecified atom stereocenters. The molecule has 2 aromatic rings. The highest BCUT2D eigenvalue weighted by molar-refractivity contribution is 6.32. The molecule has 0 aromatic heterocycles. The Kier molecular flexibility index (Phi) is 5.23. The number of carbonyl (C=O) groups is 1. The fourth-order valence-corrected chi connectivity index (χ4v) is 2.88. The average Bonchev–Trinajstić information content (AvgIpc) is 3.08. The van der Waals surface area contributed by atoms with Crippen molar-refractivity contribution < 1.29 is 14.3 Å². The van der Waals surface area contributed by atoms with Crippen LogP contribution in [0, 0.1) is 0 Å². The number of nitrogens with two attached hydrogens (primary N) is 1. The summed E-state index contributed by atoms with van der Waals surface area (Å²) in [4.78, 5) is 14.7. The first-order chi connectivity index (χ1) is 11.7. The van der Waals surface area contributed by atoms with Gasteiger partial charge in [-0.15, -0.1) is 0 Å². The van der Waals surface area contributed by atoms with Gasteiger partial charge in [0.25, 0.3) is 5.91 Å². The molecule has 0 saturated carbocycles. The molecule has 0 aliphatic carbocycles. The van der Waals surface area contributed by atoms with Gasteiger partial charge in [-0.3, -0.25) is 4.79 Å². The highest BCUT2D eigenvalue weighted by Gasteiger charge is 2.23. The van der Waals surface area contributed by atoms with Gasteiger partial charge < -0.3 is 20.1 Å². The molecular weight excluding hydrogens is 328 g/mol. The largest absolute Gasteiger partial charge is 0.454 e. The Morgan fingerprint density at radius 3 is 2.75 bits per heavy atom. The molecule has 0 atom stereocenters. The highest BCUT2D eigenvalue weighted by Crippen LogP contribution is 2.40. The Labute approximate surface area is 145 Å². The molecular formula is C18H19ClN2O3. The van der Waals surface area contributed by atoms with Crippen molar-refractivity contribution >= 4 is 17.5 Å². The number of fused-ring (bicyclic) bond motifs is 1. The third kappa shape index (κ3) is 3.63. The van der Waals surface area contributed by atoms with Gasteiger partial charge in [0, 0.05) is 18.7 Å². The minimum absolute atomic E-state index is 0.104. The number of benzene rings is 2. The summed E-state index contributed by atoms with van der Waals surface area (Å²) in [5.74, 6) is 0.890. The molecule has 1 amide bonds. The number of carbonyl (C=O) groups excluding carboxylic acids is 1. The summed E-state index contributed by atoms with van der Waals surface area (Å²) < 4.78 is 10.6. The van der Waals surface area contributed by atoms with Crippen molar-refractivity contribution in [2.45, 2.75) is 13.0 Å². The van der Waals surface area contributed by atoms with Crippen LogP contribution >= 0.6 is 11.6 Å². The summed E-state index contributed by atoms with van der Waals surface area (Å²) >= 11 is 6.19. The van der Waals surface area contributed by atoms with Crippen molar-refractivity contribution in [1.29, 1.82) is 0 Å². The highest BCUT2D eigenvalue weighted by atomic mass is 35.5. The van der Waals surface area contributed by atoms with Crippen molar-refractivity contribution in [2.75, 3.05) is 19.9 Å². The second-order valence-electron chi connectivity index (χ2n) is 5.55. The summed E-state index contributed by atoms with van der Waals surface area (Å²) in [6.07, 6.45) is 0.733. The van der Waals surface area contributed by atoms with E-state index in [1.165, 1.54) is 0 Å². The summed E-state index contributed by atoms with van der Waals surface area (Å²) in [6.45, 7) is 1.75. The Hall–Kier alpha value is -2.24. The van der Waals surface area contributed by atoms with Crippen LogP contribution < -0.4 is 15.2 Å². The van der Waals surface area contributed by atoms with E-state index in [9.17, 15) is 4.79 Å². The zero-order chi connectivity index (χ0) is 16.9. The SMILES string of the molecule is NCCCN(Cc1ccccc1)C(=O)c1cc(Cl)c2c(c1)OCO2. The fourth-order valence-electron chi connectivity index (χ4n) is 2.61. The lowest BCUT2D eigenvalue weighted by atomic mass is 10.1. The quantitative estimate of drug-likeness (QED) is 0.873. The smallest absolute Gasteiger partial charge is 0.254 e. The number of hydrogen-bond donors (Lipinski definition) is 1. The van der Waals surface area contributed by atoms with Gasteiger partial charge in [-0.25, -0.2) is 0 Å². The monoisotopic (exact) mass is 346 g/mol. The van der Waals surface area contributed by atoms with Gasteiger partial charge in [0.2, 0.25) is 6.79 Å². The van der Waals surface area contributed by atoms with Gasteiger partial charge in [0.1, 0.15) is 0 Å². The van der Waals surface area contributed by atoms with Crippen molar-refractivity contribution in [3.8, 4) is 11.5 Å². The Morgan fingerprint density at radius 1 is 1.21 bits per heavy atom. The molecule has 3 rings (SSSR count). The first kappa shape index (κ1) is 16.6. The van der Waals surface area contributed by atoms with Crippen molar-refractivity contribution in [3.05, 3.63) is 58.6 Å². The van der Waals surface area contributed by atoms with Crippen molar-refractivity contribution in [1.82, 2.24) is 4.90 Å². The normalized spacial score (nSPS) is 12.2. The van der Waals surface area contributed by atoms with E-state index in [0.717, 1.165) is 12.0 Å². The molecule has 6 heteroatoms. The maximum Gasteiger partial charge on any atom is 0.254 e. The number of nitrogens with zero attached hydrogens (tertiary/aromatic N) is 1. The zero-order valence-electron chi connectivity index (χ0n) is 13.2. The lowest BCUT2D eigenvalue weighted by molar-refractivity contribution is 0.0742. The van der Waals surface area contributed by atoms with Crippen LogP contribution in [0.1, 0.15) is 22.3 Å². The second-order valence-corrected chi connectivity index (χ2v) is 5.95. The average molecular weight is 347 g/mol. The van der Waals surface area contributed by atoms with Gasteiger partial charge in [-0.05, 0) is 30.7 Å². The molecule has 1 aliphatic rings. The topological polar surface area (TPSA) is 64.8 Å². The molecule has 0 radical (unpaired) electrons. The standard InChI is InChI=1S/C18H19ClN2O3/c19-15-9-14(10-16-17(15)24-12-23-16)18(22)21(8-4-7-20)11-13-5-2-1-3-6-13/h1-3,5-6,9-10H,4,7-8,11-12,20H2. The summed E-state index contributed by atoms with van der Waals surface area (Å²) in [5.41, 5.74) is 7.16. The number of hydrogen-bond acceptors (Lipinski definition) is 4. The van der Waals surface area contributed by atoms with Crippen LogP contribution in [0.4, 0.5) is 0 Å². The minimum Gasteiger partial charge on any atom is -0.454 e. The molecule has 1 aliphatic heterocycles. The summed E-state index contributed by atoms with van der Waals surface area (Å²) in [6, 6.07) is 13.2. The first-order valence-electron chi connectivity index (χ1n) is 7.81. The second kappa shape index (κ2) is 7.55. The molecule has 0 spiro atoms. The van der Waals surface area contributed by atoms with Crippen LogP contribution in [-0.4, -0.2) is 30.7 Å². The molecule has 2 N–H and O–H groups in total. The first-order valence-corrected chi connectivity index (χ1v) is 8.19. The van der Waals surface area contributed by atoms with E-state index in [-0.39, 0.29) is 12.7 Å². The molecule has 0 bridgehead atoms. The zero-order valence-corrected chi connectivity index (χ0v) is 14.0. The number of rotatable bonds is 6. The van der Waals surface area contributed by atoms with E-state index in [4.69, 9.17) is 26.8 Å². The van der Waals surface area contributed by atoms with E-state index >= 15 is 0 Å². The molecule has 24 heavy (non-hydrogen) atoms. The molecule has 2 aromatic carbocycles. The summed E-state index contributed by atoms with van der Waals surface area (Å²) in [5, 5.41) is 0.381. The van der Waals surface area contributed by atoms with Gasteiger partial charge in [-0.1, -0.05) is 41.9 Å². The third-order valence-corrected chi connectivity index (χ3v) is 4.09. The van der Waals surface area contributed by atoms with Gasteiger partial charge in [0.15, 0.2) is 11.5 Å². The molecule has 0 saturated heterocycles. The van der Waals surface area contributed by atoms with Gasteiger partial charge >= 0.3 is 0 Å². The van der Waals surface area contributed by atoms with Gasteiger partial charge in [0.05, 0.1) is 5.02 Å². The lowest BCUT2D eigenvalue weighted by Gasteiger charge is -2.23. The lowest BCUT2D eigenvalue weighted by Crippen LogP contribution is -2.32. The van der Waals surface area contributed by atoms with E-state index < -0.39 is 0 Å². The van der Waals surface area contributed by atoms with E-state index in [2.05, 4.69) is 0 Å². The van der Waals surface area contributed by atoms with Crippen LogP contribution in [-0.2, 0) is 6.54 Å². The van der Waals surface area contributed by atoms with Crippen LogP contribution in [0.5, 0.6) is 11.5 Å². The van der Waals surface area contributed by atoms with Crippen molar-refractivity contribution in [3.63, 3.8) is 0 Å².